The standard InChI is InChI=1S/C59H45NS/c1-3-11-39(12-4-1)40-19-22-43(23-20-40)60(45-25-27-49-48-16-8-10-18-54(48)61-55(49)34-45)44-24-26-46(50(33-44)41-13-5-2-6-14-41)42-21-28-53-51(32-42)47-15-7-9-17-52(47)59(53)56-30-37-29-38-31-57(59)58(56,35-37)36-38/h1-28,32-34,37-38,56-57H,29-31,35-36H2. The van der Waals surface area contributed by atoms with Crippen LogP contribution in [-0.4, -0.2) is 0 Å². The fourth-order valence-electron chi connectivity index (χ4n) is 14.3. The van der Waals surface area contributed by atoms with Gasteiger partial charge in [0.05, 0.1) is 0 Å². The molecule has 14 rings (SSSR count). The highest BCUT2D eigenvalue weighted by Crippen LogP contribution is 2.85. The van der Waals surface area contributed by atoms with Crippen LogP contribution in [0.3, 0.4) is 0 Å². The van der Waals surface area contributed by atoms with Gasteiger partial charge in [-0.2, -0.15) is 0 Å². The van der Waals surface area contributed by atoms with Gasteiger partial charge in [-0.25, -0.2) is 0 Å². The summed E-state index contributed by atoms with van der Waals surface area (Å²) in [5, 5.41) is 2.64. The SMILES string of the molecule is c1ccc(-c2ccc(N(c3ccc(-c4ccc5c(c4)-c4ccccc4C54C5CC6CC7CC4C5(C6)C7)c(-c4ccccc4)c3)c3ccc4c(c3)sc3ccccc34)cc2)cc1. The summed E-state index contributed by atoms with van der Waals surface area (Å²) in [7, 11) is 0. The number of benzene rings is 8. The summed E-state index contributed by atoms with van der Waals surface area (Å²) >= 11 is 1.88. The van der Waals surface area contributed by atoms with Crippen molar-refractivity contribution < 1.29 is 0 Å². The lowest BCUT2D eigenvalue weighted by Gasteiger charge is -2.64. The van der Waals surface area contributed by atoms with Gasteiger partial charge in [-0.1, -0.05) is 140 Å². The largest absolute Gasteiger partial charge is 0.310 e. The van der Waals surface area contributed by atoms with Crippen molar-refractivity contribution in [1.29, 1.82) is 0 Å². The molecule has 3 bridgehead atoms. The third-order valence-electron chi connectivity index (χ3n) is 16.3. The molecule has 4 unspecified atom stereocenters. The third-order valence-corrected chi connectivity index (χ3v) is 17.4. The van der Waals surface area contributed by atoms with Crippen LogP contribution in [0, 0.1) is 29.1 Å². The first-order valence-corrected chi connectivity index (χ1v) is 23.3. The van der Waals surface area contributed by atoms with Crippen molar-refractivity contribution in [3.63, 3.8) is 0 Å². The summed E-state index contributed by atoms with van der Waals surface area (Å²) in [5.41, 5.74) is 18.0. The number of thiophene rings is 1. The van der Waals surface area contributed by atoms with Crippen molar-refractivity contribution in [3.8, 4) is 44.5 Å². The fraction of sp³-hybridized carbons (Fsp3) is 0.186. The highest BCUT2D eigenvalue weighted by atomic mass is 32.1. The Balaban J connectivity index is 0.929. The summed E-state index contributed by atoms with van der Waals surface area (Å²) in [6.45, 7) is 0. The van der Waals surface area contributed by atoms with E-state index < -0.39 is 0 Å². The fourth-order valence-corrected chi connectivity index (χ4v) is 15.5. The number of rotatable bonds is 6. The summed E-state index contributed by atoms with van der Waals surface area (Å²) in [4.78, 5) is 2.45. The van der Waals surface area contributed by atoms with E-state index in [4.69, 9.17) is 0 Å². The molecule has 4 saturated carbocycles. The average Bonchev–Trinajstić information content (AvgIpc) is 3.99. The van der Waals surface area contributed by atoms with Gasteiger partial charge < -0.3 is 4.90 Å². The first kappa shape index (κ1) is 34.5. The highest BCUT2D eigenvalue weighted by Gasteiger charge is 2.79. The lowest BCUT2D eigenvalue weighted by molar-refractivity contribution is -0.0820. The molecule has 4 fully saturated rings. The molecule has 0 amide bonds. The molecule has 1 heterocycles. The van der Waals surface area contributed by atoms with Crippen molar-refractivity contribution in [2.75, 3.05) is 4.90 Å². The lowest BCUT2D eigenvalue weighted by Crippen LogP contribution is -2.62. The van der Waals surface area contributed by atoms with Gasteiger partial charge in [-0.3, -0.25) is 0 Å². The lowest BCUT2D eigenvalue weighted by atomic mass is 9.38. The molecular formula is C59H45NS. The van der Waals surface area contributed by atoms with E-state index in [1.807, 2.05) is 11.3 Å². The van der Waals surface area contributed by atoms with E-state index in [2.05, 4.69) is 193 Å². The molecule has 0 aliphatic heterocycles. The number of anilines is 3. The first-order chi connectivity index (χ1) is 30.2. The Bertz CT molecular complexity index is 3190. The summed E-state index contributed by atoms with van der Waals surface area (Å²) in [5.74, 6) is 3.50. The van der Waals surface area contributed by atoms with E-state index in [0.717, 1.165) is 40.7 Å². The van der Waals surface area contributed by atoms with Crippen molar-refractivity contribution in [2.45, 2.75) is 37.5 Å². The molecule has 1 nitrogen and oxygen atoms in total. The molecule has 5 aliphatic carbocycles. The van der Waals surface area contributed by atoms with Gasteiger partial charge >= 0.3 is 0 Å². The minimum Gasteiger partial charge on any atom is -0.310 e. The van der Waals surface area contributed by atoms with E-state index in [1.54, 1.807) is 11.1 Å². The minimum atomic E-state index is 0.201. The third kappa shape index (κ3) is 4.72. The van der Waals surface area contributed by atoms with Crippen LogP contribution in [0.1, 0.15) is 43.2 Å². The molecule has 4 atom stereocenters. The number of hydrogen-bond donors (Lipinski definition) is 0. The van der Waals surface area contributed by atoms with Gasteiger partial charge in [-0.05, 0) is 165 Å². The van der Waals surface area contributed by atoms with Gasteiger partial charge in [0, 0.05) is 42.6 Å². The zero-order chi connectivity index (χ0) is 39.9. The van der Waals surface area contributed by atoms with E-state index in [-0.39, 0.29) is 5.41 Å². The molecule has 0 radical (unpaired) electrons. The van der Waals surface area contributed by atoms with Gasteiger partial charge in [0.2, 0.25) is 0 Å². The highest BCUT2D eigenvalue weighted by molar-refractivity contribution is 7.25. The predicted molar refractivity (Wildman–Crippen MR) is 256 cm³/mol. The van der Waals surface area contributed by atoms with Gasteiger partial charge in [0.1, 0.15) is 0 Å². The molecule has 1 aromatic heterocycles. The van der Waals surface area contributed by atoms with Crippen LogP contribution in [-0.2, 0) is 5.41 Å². The van der Waals surface area contributed by atoms with Crippen molar-refractivity contribution in [1.82, 2.24) is 0 Å². The Morgan fingerprint density at radius 1 is 0.393 bits per heavy atom. The Morgan fingerprint density at radius 3 is 1.80 bits per heavy atom. The van der Waals surface area contributed by atoms with Crippen LogP contribution in [0.25, 0.3) is 64.7 Å². The molecule has 292 valence electrons. The summed E-state index contributed by atoms with van der Waals surface area (Å²) in [6, 6.07) is 71.1. The molecule has 9 aromatic rings. The van der Waals surface area contributed by atoms with Crippen LogP contribution in [0.2, 0.25) is 0 Å². The Labute approximate surface area is 362 Å². The van der Waals surface area contributed by atoms with Crippen molar-refractivity contribution >= 4 is 48.6 Å². The summed E-state index contributed by atoms with van der Waals surface area (Å²) in [6.07, 6.45) is 7.35. The second kappa shape index (κ2) is 12.7. The normalized spacial score (nSPS) is 24.9. The molecular weight excluding hydrogens is 755 g/mol. The Morgan fingerprint density at radius 2 is 1.00 bits per heavy atom. The zero-order valence-corrected chi connectivity index (χ0v) is 34.9. The second-order valence-corrected chi connectivity index (χ2v) is 20.1. The summed E-state index contributed by atoms with van der Waals surface area (Å²) < 4.78 is 2.63. The first-order valence-electron chi connectivity index (χ1n) is 22.5. The number of hydrogen-bond acceptors (Lipinski definition) is 2. The monoisotopic (exact) mass is 799 g/mol. The molecule has 5 aliphatic rings. The molecule has 61 heavy (non-hydrogen) atoms. The maximum atomic E-state index is 2.58. The topological polar surface area (TPSA) is 3.24 Å². The Kier molecular flexibility index (Phi) is 7.16. The predicted octanol–water partition coefficient (Wildman–Crippen LogP) is 16.2. The van der Waals surface area contributed by atoms with Crippen LogP contribution < -0.4 is 4.90 Å². The van der Waals surface area contributed by atoms with E-state index in [9.17, 15) is 0 Å². The maximum absolute atomic E-state index is 2.58. The van der Waals surface area contributed by atoms with E-state index in [1.165, 1.54) is 96.8 Å². The van der Waals surface area contributed by atoms with Crippen LogP contribution in [0.15, 0.2) is 188 Å². The molecule has 8 aromatic carbocycles. The van der Waals surface area contributed by atoms with Crippen LogP contribution in [0.5, 0.6) is 0 Å². The zero-order valence-electron chi connectivity index (χ0n) is 34.1. The van der Waals surface area contributed by atoms with Crippen molar-refractivity contribution in [3.05, 3.63) is 199 Å². The average molecular weight is 800 g/mol. The Hall–Kier alpha value is -6.22. The second-order valence-electron chi connectivity index (χ2n) is 19.0. The van der Waals surface area contributed by atoms with Crippen LogP contribution >= 0.6 is 11.3 Å². The quantitative estimate of drug-likeness (QED) is 0.162. The van der Waals surface area contributed by atoms with Crippen molar-refractivity contribution in [2.24, 2.45) is 29.1 Å². The minimum absolute atomic E-state index is 0.201. The molecule has 2 spiro atoms. The van der Waals surface area contributed by atoms with Gasteiger partial charge in [-0.15, -0.1) is 11.3 Å². The van der Waals surface area contributed by atoms with Gasteiger partial charge in [0.15, 0.2) is 0 Å². The number of nitrogens with zero attached hydrogens (tertiary/aromatic N) is 1. The van der Waals surface area contributed by atoms with Crippen LogP contribution in [0.4, 0.5) is 17.1 Å². The van der Waals surface area contributed by atoms with Gasteiger partial charge in [0.25, 0.3) is 0 Å². The molecule has 0 saturated heterocycles. The smallest absolute Gasteiger partial charge is 0.0476 e. The van der Waals surface area contributed by atoms with E-state index >= 15 is 0 Å². The van der Waals surface area contributed by atoms with E-state index in [0.29, 0.717) is 5.41 Å². The molecule has 2 heteroatoms. The maximum Gasteiger partial charge on any atom is 0.0476 e. The molecule has 0 N–H and O–H groups in total. The number of fused-ring (bicyclic) bond motifs is 12.